The molecule has 5 nitrogen and oxygen atoms in total. The Kier molecular flexibility index (Phi) is 9.01. The summed E-state index contributed by atoms with van der Waals surface area (Å²) in [6.07, 6.45) is -4.18. The van der Waals surface area contributed by atoms with E-state index in [0.717, 1.165) is 28.8 Å². The Bertz CT molecular complexity index is 1420. The van der Waals surface area contributed by atoms with E-state index in [1.54, 1.807) is 24.3 Å². The third kappa shape index (κ3) is 6.76. The van der Waals surface area contributed by atoms with Crippen LogP contribution in [0.15, 0.2) is 103 Å². The number of halogens is 3. The van der Waals surface area contributed by atoms with Gasteiger partial charge in [-0.3, -0.25) is 4.79 Å². The van der Waals surface area contributed by atoms with Crippen molar-refractivity contribution in [2.75, 3.05) is 20.2 Å². The number of benzene rings is 4. The molecular weight excluding hydrogens is 517 g/mol. The van der Waals surface area contributed by atoms with Crippen LogP contribution in [0.5, 0.6) is 0 Å². The third-order valence-electron chi connectivity index (χ3n) is 6.65. The highest BCUT2D eigenvalue weighted by Gasteiger charge is 2.32. The monoisotopic (exact) mass is 546 g/mol. The molecule has 0 saturated heterocycles. The highest BCUT2D eigenvalue weighted by atomic mass is 19.4. The summed E-state index contributed by atoms with van der Waals surface area (Å²) in [5, 5.41) is 0. The van der Waals surface area contributed by atoms with E-state index in [1.165, 1.54) is 24.1 Å². The van der Waals surface area contributed by atoms with Crippen molar-refractivity contribution in [1.29, 1.82) is 0 Å². The van der Waals surface area contributed by atoms with Crippen molar-refractivity contribution >= 4 is 11.9 Å². The second-order valence-corrected chi connectivity index (χ2v) is 9.25. The Hall–Kier alpha value is -4.43. The molecule has 206 valence electrons. The minimum absolute atomic E-state index is 0.126. The van der Waals surface area contributed by atoms with E-state index in [1.807, 2.05) is 54.6 Å². The zero-order valence-corrected chi connectivity index (χ0v) is 21.9. The Morgan fingerprint density at radius 2 is 1.27 bits per heavy atom. The van der Waals surface area contributed by atoms with Crippen molar-refractivity contribution in [1.82, 2.24) is 4.90 Å². The number of nitrogens with zero attached hydrogens (tertiary/aromatic N) is 1. The number of ether oxygens (including phenoxy) is 1. The minimum atomic E-state index is -4.42. The van der Waals surface area contributed by atoms with Crippen molar-refractivity contribution in [3.8, 4) is 22.3 Å². The summed E-state index contributed by atoms with van der Waals surface area (Å²) in [6.45, 7) is 0.261. The summed E-state index contributed by atoms with van der Waals surface area (Å²) in [5.41, 5.74) is 9.58. The molecule has 0 unspecified atom stereocenters. The predicted molar refractivity (Wildman–Crippen MR) is 148 cm³/mol. The lowest BCUT2D eigenvalue weighted by Gasteiger charge is -2.30. The number of rotatable bonds is 9. The van der Waals surface area contributed by atoms with Gasteiger partial charge in [0.25, 0.3) is 5.91 Å². The summed E-state index contributed by atoms with van der Waals surface area (Å²) >= 11 is 0. The molecule has 40 heavy (non-hydrogen) atoms. The van der Waals surface area contributed by atoms with E-state index >= 15 is 0 Å². The first-order valence-electron chi connectivity index (χ1n) is 12.7. The molecule has 4 aromatic carbocycles. The molecule has 0 heterocycles. The highest BCUT2D eigenvalue weighted by Crippen LogP contribution is 2.31. The van der Waals surface area contributed by atoms with Gasteiger partial charge in [0.15, 0.2) is 0 Å². The van der Waals surface area contributed by atoms with Crippen LogP contribution in [0.25, 0.3) is 22.3 Å². The molecule has 0 spiro atoms. The van der Waals surface area contributed by atoms with E-state index in [-0.39, 0.29) is 19.5 Å². The number of alkyl halides is 3. The first kappa shape index (κ1) is 28.6. The molecule has 0 bridgehead atoms. The average molecular weight is 547 g/mol. The largest absolute Gasteiger partial charge is 0.467 e. The summed E-state index contributed by atoms with van der Waals surface area (Å²) in [5.74, 6) is -0.962. The number of esters is 1. The molecule has 0 aliphatic heterocycles. The second-order valence-electron chi connectivity index (χ2n) is 9.25. The number of hydrogen-bond acceptors (Lipinski definition) is 4. The molecule has 4 rings (SSSR count). The molecule has 2 N–H and O–H groups in total. The van der Waals surface area contributed by atoms with Crippen LogP contribution in [0.4, 0.5) is 13.2 Å². The van der Waals surface area contributed by atoms with Crippen molar-refractivity contribution in [3.63, 3.8) is 0 Å². The lowest BCUT2D eigenvalue weighted by Crippen LogP contribution is -2.49. The lowest BCUT2D eigenvalue weighted by molar-refractivity contribution is -0.146. The smallest absolute Gasteiger partial charge is 0.416 e. The molecule has 0 aliphatic carbocycles. The van der Waals surface area contributed by atoms with Crippen LogP contribution in [0.3, 0.4) is 0 Å². The van der Waals surface area contributed by atoms with E-state index in [0.29, 0.717) is 16.7 Å². The van der Waals surface area contributed by atoms with Gasteiger partial charge in [-0.2, -0.15) is 13.2 Å². The molecule has 0 radical (unpaired) electrons. The van der Waals surface area contributed by atoms with Crippen LogP contribution in [-0.2, 0) is 22.1 Å². The maximum atomic E-state index is 13.6. The minimum Gasteiger partial charge on any atom is -0.467 e. The van der Waals surface area contributed by atoms with Gasteiger partial charge in [0, 0.05) is 25.1 Å². The molecule has 0 saturated carbocycles. The molecule has 1 amide bonds. The van der Waals surface area contributed by atoms with E-state index in [9.17, 15) is 22.8 Å². The highest BCUT2D eigenvalue weighted by molar-refractivity contribution is 5.97. The van der Waals surface area contributed by atoms with E-state index in [2.05, 4.69) is 0 Å². The van der Waals surface area contributed by atoms with E-state index in [4.69, 9.17) is 10.5 Å². The molecule has 0 aromatic heterocycles. The van der Waals surface area contributed by atoms with Gasteiger partial charge < -0.3 is 15.4 Å². The van der Waals surface area contributed by atoms with Crippen molar-refractivity contribution in [2.45, 2.75) is 18.6 Å². The first-order valence-corrected chi connectivity index (χ1v) is 12.7. The zero-order chi connectivity index (χ0) is 28.7. The second kappa shape index (κ2) is 12.6. The Balaban J connectivity index is 1.55. The Morgan fingerprint density at radius 1 is 0.775 bits per heavy atom. The van der Waals surface area contributed by atoms with Gasteiger partial charge in [-0.25, -0.2) is 4.79 Å². The van der Waals surface area contributed by atoms with Gasteiger partial charge in [0.1, 0.15) is 6.04 Å². The van der Waals surface area contributed by atoms with Gasteiger partial charge in [-0.1, -0.05) is 78.9 Å². The number of hydrogen-bond donors (Lipinski definition) is 1. The van der Waals surface area contributed by atoms with Crippen LogP contribution in [0, 0.1) is 0 Å². The number of amides is 1. The maximum Gasteiger partial charge on any atom is 0.416 e. The van der Waals surface area contributed by atoms with Crippen LogP contribution in [0.2, 0.25) is 0 Å². The molecule has 0 aliphatic rings. The Labute approximate surface area is 231 Å². The van der Waals surface area contributed by atoms with Crippen LogP contribution in [0.1, 0.15) is 21.5 Å². The van der Waals surface area contributed by atoms with Gasteiger partial charge in [-0.05, 0) is 52.1 Å². The summed E-state index contributed by atoms with van der Waals surface area (Å²) < 4.78 is 43.7. The van der Waals surface area contributed by atoms with Gasteiger partial charge in [0.2, 0.25) is 0 Å². The first-order chi connectivity index (χ1) is 19.2. The number of carbonyl (C=O) groups is 2. The molecule has 4 aromatic rings. The molecule has 1 atom stereocenters. The summed E-state index contributed by atoms with van der Waals surface area (Å²) in [7, 11) is 1.28. The van der Waals surface area contributed by atoms with Crippen molar-refractivity contribution in [3.05, 3.63) is 120 Å². The van der Waals surface area contributed by atoms with Crippen molar-refractivity contribution < 1.29 is 27.5 Å². The van der Waals surface area contributed by atoms with Crippen LogP contribution < -0.4 is 5.73 Å². The fraction of sp³-hybridized carbons (Fsp3) is 0.188. The predicted octanol–water partition coefficient (Wildman–Crippen LogP) is 6.22. The van der Waals surface area contributed by atoms with Gasteiger partial charge in [-0.15, -0.1) is 0 Å². The number of carbonyl (C=O) groups excluding carboxylic acids is 2. The summed E-state index contributed by atoms with van der Waals surface area (Å²) in [6, 6.07) is 28.1. The lowest BCUT2D eigenvalue weighted by atomic mass is 9.99. The number of nitrogens with two attached hydrogens (primary N) is 1. The van der Waals surface area contributed by atoms with Crippen LogP contribution in [-0.4, -0.2) is 43.0 Å². The average Bonchev–Trinajstić information content (AvgIpc) is 2.98. The SMILES string of the molecule is COC(=O)[C@H](Cc1ccc(-c2ccccc2)cc1)N(CCN)C(=O)c1ccc(-c2ccc(C(F)(F)F)cc2)cc1. The van der Waals surface area contributed by atoms with Gasteiger partial charge in [0.05, 0.1) is 12.7 Å². The Morgan fingerprint density at radius 3 is 1.77 bits per heavy atom. The van der Waals surface area contributed by atoms with Gasteiger partial charge >= 0.3 is 12.1 Å². The maximum absolute atomic E-state index is 13.6. The summed E-state index contributed by atoms with van der Waals surface area (Å²) in [4.78, 5) is 27.8. The third-order valence-corrected chi connectivity index (χ3v) is 6.65. The normalized spacial score (nSPS) is 12.0. The standard InChI is InChI=1S/C32H29F3N2O3/c1-40-31(39)29(21-22-7-9-24(10-8-22)23-5-3-2-4-6-23)37(20-19-36)30(38)27-13-11-25(12-14-27)26-15-17-28(18-16-26)32(33,34)35/h2-18,29H,19-21,36H2,1H3/t29-/m0/s1. The fourth-order valence-corrected chi connectivity index (χ4v) is 4.50. The number of methoxy groups -OCH3 is 1. The molecule has 0 fully saturated rings. The van der Waals surface area contributed by atoms with E-state index < -0.39 is 29.7 Å². The topological polar surface area (TPSA) is 72.6 Å². The van der Waals surface area contributed by atoms with Crippen LogP contribution >= 0.6 is 0 Å². The fourth-order valence-electron chi connectivity index (χ4n) is 4.50. The quantitative estimate of drug-likeness (QED) is 0.253. The van der Waals surface area contributed by atoms with Crippen molar-refractivity contribution in [2.24, 2.45) is 5.73 Å². The molecule has 8 heteroatoms. The zero-order valence-electron chi connectivity index (χ0n) is 21.9. The molecular formula is C32H29F3N2O3.